The molecule has 0 amide bonds. The molecule has 0 spiro atoms. The highest BCUT2D eigenvalue weighted by atomic mass is 32.2. The van der Waals surface area contributed by atoms with Gasteiger partial charge in [0.05, 0.1) is 0 Å². The van der Waals surface area contributed by atoms with Crippen molar-refractivity contribution in [1.29, 1.82) is 0 Å². The number of hydrogen-bond acceptors (Lipinski definition) is 3. The van der Waals surface area contributed by atoms with E-state index in [0.717, 1.165) is 12.6 Å². The second kappa shape index (κ2) is 5.89. The fourth-order valence-corrected chi connectivity index (χ4v) is 2.84. The van der Waals surface area contributed by atoms with E-state index in [1.807, 2.05) is 0 Å². The van der Waals surface area contributed by atoms with Crippen LogP contribution >= 0.6 is 11.8 Å². The lowest BCUT2D eigenvalue weighted by Gasteiger charge is -2.30. The molecule has 0 bridgehead atoms. The minimum atomic E-state index is 0.392. The Morgan fingerprint density at radius 1 is 1.35 bits per heavy atom. The maximum atomic E-state index is 5.97. The van der Waals surface area contributed by atoms with E-state index in [9.17, 15) is 0 Å². The van der Waals surface area contributed by atoms with Crippen LogP contribution in [-0.2, 0) is 0 Å². The van der Waals surface area contributed by atoms with Gasteiger partial charge < -0.3 is 5.73 Å². The van der Waals surface area contributed by atoms with Crippen LogP contribution in [0.2, 0.25) is 0 Å². The number of nitrogens with two attached hydrogens (primary N) is 1. The third kappa shape index (κ3) is 3.03. The Morgan fingerprint density at radius 3 is 2.41 bits per heavy atom. The second-order valence-electron chi connectivity index (χ2n) is 4.59. The van der Waals surface area contributed by atoms with E-state index in [1.54, 1.807) is 11.8 Å². The van der Waals surface area contributed by atoms with Gasteiger partial charge in [-0.3, -0.25) is 4.90 Å². The molecule has 1 atom stereocenters. The van der Waals surface area contributed by atoms with Crippen LogP contribution in [-0.4, -0.2) is 30.3 Å². The Bertz CT molecular complexity index is 346. The van der Waals surface area contributed by atoms with Crippen molar-refractivity contribution in [2.24, 2.45) is 5.73 Å². The molecule has 1 aliphatic carbocycles. The predicted octanol–water partition coefficient (Wildman–Crippen LogP) is 2.89. The van der Waals surface area contributed by atoms with Crippen molar-refractivity contribution in [1.82, 2.24) is 4.90 Å². The first-order valence-corrected chi connectivity index (χ1v) is 7.62. The van der Waals surface area contributed by atoms with Gasteiger partial charge >= 0.3 is 0 Å². The van der Waals surface area contributed by atoms with Gasteiger partial charge in [0.1, 0.15) is 0 Å². The minimum absolute atomic E-state index is 0.392. The van der Waals surface area contributed by atoms with E-state index in [-0.39, 0.29) is 0 Å². The van der Waals surface area contributed by atoms with Gasteiger partial charge in [-0.15, -0.1) is 11.8 Å². The zero-order chi connectivity index (χ0) is 12.3. The molecule has 1 aromatic carbocycles. The first kappa shape index (κ1) is 12.9. The van der Waals surface area contributed by atoms with Gasteiger partial charge in [0.2, 0.25) is 0 Å². The Labute approximate surface area is 109 Å². The summed E-state index contributed by atoms with van der Waals surface area (Å²) in [5, 5.41) is 0. The Morgan fingerprint density at radius 2 is 2.00 bits per heavy atom. The largest absolute Gasteiger partial charge is 0.329 e. The number of rotatable bonds is 6. The van der Waals surface area contributed by atoms with Gasteiger partial charge in [-0.2, -0.15) is 0 Å². The highest BCUT2D eigenvalue weighted by molar-refractivity contribution is 7.98. The van der Waals surface area contributed by atoms with Crippen molar-refractivity contribution in [3.05, 3.63) is 29.8 Å². The topological polar surface area (TPSA) is 29.3 Å². The zero-order valence-electron chi connectivity index (χ0n) is 10.7. The highest BCUT2D eigenvalue weighted by Gasteiger charge is 2.32. The summed E-state index contributed by atoms with van der Waals surface area (Å²) in [6.45, 7) is 4.04. The molecule has 2 rings (SSSR count). The van der Waals surface area contributed by atoms with Crippen LogP contribution in [0.15, 0.2) is 29.2 Å². The fraction of sp³-hybridized carbons (Fsp3) is 0.571. The summed E-state index contributed by atoms with van der Waals surface area (Å²) in [5.41, 5.74) is 7.33. The van der Waals surface area contributed by atoms with Crippen molar-refractivity contribution >= 4 is 11.8 Å². The van der Waals surface area contributed by atoms with Crippen LogP contribution in [0.5, 0.6) is 0 Å². The summed E-state index contributed by atoms with van der Waals surface area (Å²) >= 11 is 1.78. The summed E-state index contributed by atoms with van der Waals surface area (Å²) in [5.74, 6) is 0. The molecule has 17 heavy (non-hydrogen) atoms. The van der Waals surface area contributed by atoms with Gasteiger partial charge in [0, 0.05) is 23.5 Å². The van der Waals surface area contributed by atoms with Crippen molar-refractivity contribution < 1.29 is 0 Å². The molecule has 1 unspecified atom stereocenters. The fourth-order valence-electron chi connectivity index (χ4n) is 2.43. The predicted molar refractivity (Wildman–Crippen MR) is 75.4 cm³/mol. The molecule has 2 N–H and O–H groups in total. The standard InChI is InChI=1S/C14H22N2S/c1-3-16(12-6-7-12)14(10-15)11-4-8-13(17-2)9-5-11/h4-5,8-9,12,14H,3,6-7,10,15H2,1-2H3. The van der Waals surface area contributed by atoms with E-state index in [1.165, 1.54) is 23.3 Å². The third-order valence-corrected chi connectivity index (χ3v) is 4.25. The molecule has 94 valence electrons. The molecule has 0 radical (unpaired) electrons. The Hall–Kier alpha value is -0.510. The maximum Gasteiger partial charge on any atom is 0.0473 e. The van der Waals surface area contributed by atoms with Crippen LogP contribution in [0, 0.1) is 0 Å². The van der Waals surface area contributed by atoms with E-state index >= 15 is 0 Å². The lowest BCUT2D eigenvalue weighted by Crippen LogP contribution is -2.35. The summed E-state index contributed by atoms with van der Waals surface area (Å²) in [6, 6.07) is 10.0. The van der Waals surface area contributed by atoms with Gasteiger partial charge in [-0.1, -0.05) is 19.1 Å². The molecule has 1 fully saturated rings. The minimum Gasteiger partial charge on any atom is -0.329 e. The summed E-state index contributed by atoms with van der Waals surface area (Å²) < 4.78 is 0. The Kier molecular flexibility index (Phi) is 4.48. The number of likely N-dealkylation sites (N-methyl/N-ethyl adjacent to an activating group) is 1. The second-order valence-corrected chi connectivity index (χ2v) is 5.47. The average Bonchev–Trinajstić information content (AvgIpc) is 3.20. The number of benzene rings is 1. The first-order valence-electron chi connectivity index (χ1n) is 6.40. The lowest BCUT2D eigenvalue weighted by atomic mass is 10.1. The molecule has 0 saturated heterocycles. The van der Waals surface area contributed by atoms with Crippen molar-refractivity contribution in [2.45, 2.75) is 36.7 Å². The van der Waals surface area contributed by atoms with Crippen molar-refractivity contribution in [2.75, 3.05) is 19.3 Å². The first-order chi connectivity index (χ1) is 8.30. The number of nitrogens with zero attached hydrogens (tertiary/aromatic N) is 1. The summed E-state index contributed by atoms with van der Waals surface area (Å²) in [7, 11) is 0. The van der Waals surface area contributed by atoms with Crippen LogP contribution in [0.4, 0.5) is 0 Å². The molecule has 0 aromatic heterocycles. The normalized spacial score (nSPS) is 17.4. The van der Waals surface area contributed by atoms with Crippen molar-refractivity contribution in [3.8, 4) is 0 Å². The summed E-state index contributed by atoms with van der Waals surface area (Å²) in [4.78, 5) is 3.87. The quantitative estimate of drug-likeness (QED) is 0.787. The van der Waals surface area contributed by atoms with Crippen LogP contribution in [0.1, 0.15) is 31.4 Å². The maximum absolute atomic E-state index is 5.97. The molecular formula is C14H22N2S. The summed E-state index contributed by atoms with van der Waals surface area (Å²) in [6.07, 6.45) is 4.79. The van der Waals surface area contributed by atoms with E-state index < -0.39 is 0 Å². The van der Waals surface area contributed by atoms with Gasteiger partial charge in [0.25, 0.3) is 0 Å². The van der Waals surface area contributed by atoms with Crippen LogP contribution in [0.25, 0.3) is 0 Å². The monoisotopic (exact) mass is 250 g/mol. The van der Waals surface area contributed by atoms with E-state index in [2.05, 4.69) is 42.3 Å². The van der Waals surface area contributed by atoms with Gasteiger partial charge in [-0.25, -0.2) is 0 Å². The molecule has 0 aliphatic heterocycles. The third-order valence-electron chi connectivity index (χ3n) is 3.51. The average molecular weight is 250 g/mol. The zero-order valence-corrected chi connectivity index (χ0v) is 11.5. The van der Waals surface area contributed by atoms with E-state index in [0.29, 0.717) is 12.6 Å². The molecule has 2 nitrogen and oxygen atoms in total. The smallest absolute Gasteiger partial charge is 0.0473 e. The molecule has 3 heteroatoms. The van der Waals surface area contributed by atoms with Crippen LogP contribution < -0.4 is 5.73 Å². The lowest BCUT2D eigenvalue weighted by molar-refractivity contribution is 0.202. The molecular weight excluding hydrogens is 228 g/mol. The van der Waals surface area contributed by atoms with Gasteiger partial charge in [0.15, 0.2) is 0 Å². The molecule has 1 aliphatic rings. The molecule has 1 saturated carbocycles. The van der Waals surface area contributed by atoms with E-state index in [4.69, 9.17) is 5.73 Å². The SMILES string of the molecule is CCN(C1CC1)C(CN)c1ccc(SC)cc1. The molecule has 0 heterocycles. The highest BCUT2D eigenvalue weighted by Crippen LogP contribution is 2.34. The molecule has 1 aromatic rings. The number of hydrogen-bond donors (Lipinski definition) is 1. The Balaban J connectivity index is 2.14. The van der Waals surface area contributed by atoms with Crippen LogP contribution in [0.3, 0.4) is 0 Å². The van der Waals surface area contributed by atoms with Crippen molar-refractivity contribution in [3.63, 3.8) is 0 Å². The number of thioether (sulfide) groups is 1. The van der Waals surface area contributed by atoms with Gasteiger partial charge in [-0.05, 0) is 43.3 Å².